The summed E-state index contributed by atoms with van der Waals surface area (Å²) in [6.45, 7) is 3.34. The van der Waals surface area contributed by atoms with Crippen LogP contribution in [0.2, 0.25) is 0 Å². The summed E-state index contributed by atoms with van der Waals surface area (Å²) >= 11 is 0. The Balaban J connectivity index is 2.12. The van der Waals surface area contributed by atoms with Gasteiger partial charge in [-0.3, -0.25) is 0 Å². The summed E-state index contributed by atoms with van der Waals surface area (Å²) in [5.41, 5.74) is 2.98. The first kappa shape index (κ1) is 12.6. The number of aryl methyl sites for hydroxylation is 1. The summed E-state index contributed by atoms with van der Waals surface area (Å²) in [5, 5.41) is 3.37. The van der Waals surface area contributed by atoms with Crippen LogP contribution in [0.3, 0.4) is 0 Å². The molecule has 94 valence electrons. The molecule has 1 saturated carbocycles. The smallest absolute Gasteiger partial charge is 0.00198 e. The van der Waals surface area contributed by atoms with E-state index in [1.807, 2.05) is 0 Å². The zero-order chi connectivity index (χ0) is 12.1. The van der Waals surface area contributed by atoms with Gasteiger partial charge in [-0.2, -0.15) is 0 Å². The van der Waals surface area contributed by atoms with Gasteiger partial charge in [-0.1, -0.05) is 44.0 Å². The van der Waals surface area contributed by atoms with Gasteiger partial charge in [0.05, 0.1) is 0 Å². The number of nitrogens with one attached hydrogen (secondary N) is 1. The molecule has 0 aromatic heterocycles. The fourth-order valence-electron chi connectivity index (χ4n) is 3.14. The molecule has 0 saturated heterocycles. The van der Waals surface area contributed by atoms with Gasteiger partial charge in [0.25, 0.3) is 0 Å². The van der Waals surface area contributed by atoms with Gasteiger partial charge >= 0.3 is 0 Å². The second-order valence-electron chi connectivity index (χ2n) is 5.30. The Hall–Kier alpha value is -0.820. The summed E-state index contributed by atoms with van der Waals surface area (Å²) in [5.74, 6) is 1.61. The highest BCUT2D eigenvalue weighted by atomic mass is 14.8. The van der Waals surface area contributed by atoms with Crippen molar-refractivity contribution in [3.63, 3.8) is 0 Å². The second kappa shape index (κ2) is 6.20. The molecule has 1 nitrogen and oxygen atoms in total. The summed E-state index contributed by atoms with van der Waals surface area (Å²) in [4.78, 5) is 0. The molecule has 0 aliphatic heterocycles. The predicted octanol–water partition coefficient (Wildman–Crippen LogP) is 3.74. The number of benzene rings is 1. The van der Waals surface area contributed by atoms with Gasteiger partial charge in [-0.05, 0) is 49.3 Å². The van der Waals surface area contributed by atoms with E-state index in [0.717, 1.165) is 18.9 Å². The zero-order valence-electron chi connectivity index (χ0n) is 11.2. The standard InChI is InChI=1S/C16H25N/c1-3-13-8-10-15(11-9-13)16(12-17-2)14-6-4-5-7-14/h8-11,14,16-17H,3-7,12H2,1-2H3. The highest BCUT2D eigenvalue weighted by molar-refractivity contribution is 5.26. The van der Waals surface area contributed by atoms with E-state index in [0.29, 0.717) is 5.92 Å². The van der Waals surface area contributed by atoms with Crippen molar-refractivity contribution in [1.82, 2.24) is 5.32 Å². The van der Waals surface area contributed by atoms with Crippen LogP contribution >= 0.6 is 0 Å². The van der Waals surface area contributed by atoms with Crippen LogP contribution in [0.15, 0.2) is 24.3 Å². The quantitative estimate of drug-likeness (QED) is 0.814. The first-order valence-electron chi connectivity index (χ1n) is 7.08. The molecule has 0 spiro atoms. The summed E-state index contributed by atoms with van der Waals surface area (Å²) in [6.07, 6.45) is 6.83. The lowest BCUT2D eigenvalue weighted by atomic mass is 9.84. The van der Waals surface area contributed by atoms with E-state index in [4.69, 9.17) is 0 Å². The van der Waals surface area contributed by atoms with Crippen molar-refractivity contribution in [1.29, 1.82) is 0 Å². The Labute approximate surface area is 106 Å². The van der Waals surface area contributed by atoms with Gasteiger partial charge in [0.15, 0.2) is 0 Å². The van der Waals surface area contributed by atoms with Gasteiger partial charge in [-0.25, -0.2) is 0 Å². The Morgan fingerprint density at radius 1 is 1.18 bits per heavy atom. The average Bonchev–Trinajstić information content (AvgIpc) is 2.90. The van der Waals surface area contributed by atoms with Gasteiger partial charge in [0.1, 0.15) is 0 Å². The maximum atomic E-state index is 3.37. The minimum Gasteiger partial charge on any atom is -0.319 e. The minimum atomic E-state index is 0.716. The molecule has 17 heavy (non-hydrogen) atoms. The molecular weight excluding hydrogens is 206 g/mol. The van der Waals surface area contributed by atoms with Crippen molar-refractivity contribution in [2.24, 2.45) is 5.92 Å². The van der Waals surface area contributed by atoms with E-state index in [1.165, 1.54) is 36.8 Å². The molecule has 1 heteroatoms. The molecule has 1 unspecified atom stereocenters. The highest BCUT2D eigenvalue weighted by Gasteiger charge is 2.25. The second-order valence-corrected chi connectivity index (χ2v) is 5.30. The van der Waals surface area contributed by atoms with Crippen molar-refractivity contribution >= 4 is 0 Å². The van der Waals surface area contributed by atoms with Gasteiger partial charge < -0.3 is 5.32 Å². The van der Waals surface area contributed by atoms with E-state index < -0.39 is 0 Å². The van der Waals surface area contributed by atoms with Crippen LogP contribution in [0.5, 0.6) is 0 Å². The van der Waals surface area contributed by atoms with Crippen LogP contribution in [-0.4, -0.2) is 13.6 Å². The lowest BCUT2D eigenvalue weighted by Gasteiger charge is -2.24. The molecule has 0 heterocycles. The maximum absolute atomic E-state index is 3.37. The lowest BCUT2D eigenvalue weighted by Crippen LogP contribution is -2.22. The van der Waals surface area contributed by atoms with E-state index in [-0.39, 0.29) is 0 Å². The van der Waals surface area contributed by atoms with Crippen molar-refractivity contribution in [3.05, 3.63) is 35.4 Å². The Bertz CT molecular complexity index is 322. The third-order valence-electron chi connectivity index (χ3n) is 4.21. The Kier molecular flexibility index (Phi) is 4.61. The highest BCUT2D eigenvalue weighted by Crippen LogP contribution is 2.36. The fourth-order valence-corrected chi connectivity index (χ4v) is 3.14. The number of rotatable bonds is 5. The van der Waals surface area contributed by atoms with Crippen LogP contribution in [0, 0.1) is 5.92 Å². The van der Waals surface area contributed by atoms with E-state index in [9.17, 15) is 0 Å². The molecule has 1 fully saturated rings. The van der Waals surface area contributed by atoms with Gasteiger partial charge in [0, 0.05) is 6.54 Å². The van der Waals surface area contributed by atoms with Crippen LogP contribution in [0.25, 0.3) is 0 Å². The number of hydrogen-bond donors (Lipinski definition) is 1. The monoisotopic (exact) mass is 231 g/mol. The van der Waals surface area contributed by atoms with Crippen LogP contribution in [-0.2, 0) is 6.42 Å². The van der Waals surface area contributed by atoms with E-state index >= 15 is 0 Å². The van der Waals surface area contributed by atoms with Gasteiger partial charge in [0.2, 0.25) is 0 Å². The molecule has 0 amide bonds. The molecule has 1 aliphatic carbocycles. The third-order valence-corrected chi connectivity index (χ3v) is 4.21. The first-order chi connectivity index (χ1) is 8.35. The normalized spacial score (nSPS) is 18.5. The summed E-state index contributed by atoms with van der Waals surface area (Å²) in [7, 11) is 2.07. The van der Waals surface area contributed by atoms with Crippen molar-refractivity contribution in [3.8, 4) is 0 Å². The Morgan fingerprint density at radius 2 is 1.82 bits per heavy atom. The van der Waals surface area contributed by atoms with E-state index in [1.54, 1.807) is 0 Å². The molecule has 2 rings (SSSR count). The van der Waals surface area contributed by atoms with Crippen LogP contribution < -0.4 is 5.32 Å². The fraction of sp³-hybridized carbons (Fsp3) is 0.625. The number of likely N-dealkylation sites (N-methyl/N-ethyl adjacent to an activating group) is 1. The maximum Gasteiger partial charge on any atom is 0.00198 e. The molecule has 1 N–H and O–H groups in total. The molecular formula is C16H25N. The third kappa shape index (κ3) is 3.10. The van der Waals surface area contributed by atoms with Crippen molar-refractivity contribution < 1.29 is 0 Å². The predicted molar refractivity (Wildman–Crippen MR) is 74.4 cm³/mol. The topological polar surface area (TPSA) is 12.0 Å². The molecule has 1 aromatic carbocycles. The van der Waals surface area contributed by atoms with Crippen molar-refractivity contribution in [2.45, 2.75) is 44.9 Å². The SMILES string of the molecule is CCc1ccc(C(CNC)C2CCCC2)cc1. The van der Waals surface area contributed by atoms with E-state index in [2.05, 4.69) is 43.6 Å². The van der Waals surface area contributed by atoms with Crippen LogP contribution in [0.4, 0.5) is 0 Å². The Morgan fingerprint density at radius 3 is 2.35 bits per heavy atom. The van der Waals surface area contributed by atoms with Crippen molar-refractivity contribution in [2.75, 3.05) is 13.6 Å². The summed E-state index contributed by atoms with van der Waals surface area (Å²) in [6, 6.07) is 9.29. The van der Waals surface area contributed by atoms with Gasteiger partial charge in [-0.15, -0.1) is 0 Å². The minimum absolute atomic E-state index is 0.716. The molecule has 1 aliphatic rings. The first-order valence-corrected chi connectivity index (χ1v) is 7.08. The molecule has 1 atom stereocenters. The summed E-state index contributed by atoms with van der Waals surface area (Å²) < 4.78 is 0. The molecule has 1 aromatic rings. The zero-order valence-corrected chi connectivity index (χ0v) is 11.2. The number of hydrogen-bond acceptors (Lipinski definition) is 1. The molecule has 0 radical (unpaired) electrons. The largest absolute Gasteiger partial charge is 0.319 e. The average molecular weight is 231 g/mol. The lowest BCUT2D eigenvalue weighted by molar-refractivity contribution is 0.421. The molecule has 0 bridgehead atoms. The van der Waals surface area contributed by atoms with Crippen LogP contribution in [0.1, 0.15) is 49.7 Å².